The van der Waals surface area contributed by atoms with Crippen LogP contribution in [-0.2, 0) is 12.8 Å². The molecule has 0 N–H and O–H groups in total. The van der Waals surface area contributed by atoms with Crippen LogP contribution in [0.5, 0.6) is 0 Å². The summed E-state index contributed by atoms with van der Waals surface area (Å²) >= 11 is 3.40. The van der Waals surface area contributed by atoms with Gasteiger partial charge in [0.1, 0.15) is 5.82 Å². The number of benzene rings is 1. The van der Waals surface area contributed by atoms with Crippen molar-refractivity contribution in [3.05, 3.63) is 48.0 Å². The summed E-state index contributed by atoms with van der Waals surface area (Å²) in [5, 5.41) is 0.901. The molecule has 0 radical (unpaired) electrons. The van der Waals surface area contributed by atoms with E-state index in [2.05, 4.69) is 57.1 Å². The maximum absolute atomic E-state index is 4.38. The lowest BCUT2D eigenvalue weighted by atomic mass is 10.0. The first kappa shape index (κ1) is 14.2. The molecular formula is C16H19BrN2. The minimum Gasteiger partial charge on any atom is -0.241 e. The predicted molar refractivity (Wildman–Crippen MR) is 83.6 cm³/mol. The third kappa shape index (κ3) is 4.13. The maximum atomic E-state index is 4.38. The average molecular weight is 319 g/mol. The highest BCUT2D eigenvalue weighted by molar-refractivity contribution is 9.09. The third-order valence-electron chi connectivity index (χ3n) is 3.13. The van der Waals surface area contributed by atoms with Crippen molar-refractivity contribution >= 4 is 15.9 Å². The Balaban J connectivity index is 2.08. The van der Waals surface area contributed by atoms with Gasteiger partial charge in [-0.15, -0.1) is 0 Å². The fraction of sp³-hybridized carbons (Fsp3) is 0.375. The first-order valence-electron chi connectivity index (χ1n) is 6.79. The van der Waals surface area contributed by atoms with Crippen LogP contribution in [0.15, 0.2) is 36.7 Å². The van der Waals surface area contributed by atoms with Gasteiger partial charge in [0, 0.05) is 29.7 Å². The molecule has 1 heterocycles. The van der Waals surface area contributed by atoms with Crippen LogP contribution in [0.2, 0.25) is 0 Å². The lowest BCUT2D eigenvalue weighted by Gasteiger charge is -2.04. The lowest BCUT2D eigenvalue weighted by molar-refractivity contribution is 0.795. The largest absolute Gasteiger partial charge is 0.241 e. The Morgan fingerprint density at radius 1 is 0.947 bits per heavy atom. The number of alkyl halides is 1. The van der Waals surface area contributed by atoms with Gasteiger partial charge >= 0.3 is 0 Å². The number of hydrogen-bond donors (Lipinski definition) is 0. The van der Waals surface area contributed by atoms with Gasteiger partial charge in [0.15, 0.2) is 0 Å². The highest BCUT2D eigenvalue weighted by atomic mass is 79.9. The van der Waals surface area contributed by atoms with E-state index >= 15 is 0 Å². The molecule has 0 aliphatic carbocycles. The molecule has 0 saturated carbocycles. The van der Waals surface area contributed by atoms with E-state index in [1.54, 1.807) is 0 Å². The van der Waals surface area contributed by atoms with Gasteiger partial charge < -0.3 is 0 Å². The Bertz CT molecular complexity index is 491. The minimum atomic E-state index is 0.871. The molecule has 0 unspecified atom stereocenters. The van der Waals surface area contributed by atoms with Gasteiger partial charge in [0.2, 0.25) is 0 Å². The van der Waals surface area contributed by atoms with Crippen molar-refractivity contribution in [1.29, 1.82) is 0 Å². The van der Waals surface area contributed by atoms with E-state index in [0.29, 0.717) is 0 Å². The van der Waals surface area contributed by atoms with Crippen molar-refractivity contribution < 1.29 is 0 Å². The van der Waals surface area contributed by atoms with E-state index in [9.17, 15) is 0 Å². The van der Waals surface area contributed by atoms with Crippen LogP contribution in [0.3, 0.4) is 0 Å². The molecule has 1 aromatic heterocycles. The number of rotatable bonds is 6. The van der Waals surface area contributed by atoms with Crippen LogP contribution >= 0.6 is 15.9 Å². The van der Waals surface area contributed by atoms with Crippen LogP contribution in [0, 0.1) is 0 Å². The van der Waals surface area contributed by atoms with Crippen molar-refractivity contribution in [1.82, 2.24) is 9.97 Å². The zero-order valence-corrected chi connectivity index (χ0v) is 12.9. The standard InChI is InChI=1S/C16H19BrN2/c1-2-3-4-13-5-7-14(8-6-13)15-11-18-16(9-10-17)19-12-15/h5-8,11-12H,2-4,9-10H2,1H3. The van der Waals surface area contributed by atoms with Crippen molar-refractivity contribution in [2.24, 2.45) is 0 Å². The fourth-order valence-corrected chi connectivity index (χ4v) is 2.32. The van der Waals surface area contributed by atoms with E-state index in [1.807, 2.05) is 12.4 Å². The second kappa shape index (κ2) is 7.39. The molecule has 0 aliphatic rings. The molecule has 0 aliphatic heterocycles. The summed E-state index contributed by atoms with van der Waals surface area (Å²) in [5.74, 6) is 0.889. The number of unbranched alkanes of at least 4 members (excludes halogenated alkanes) is 1. The molecule has 0 bridgehead atoms. The zero-order chi connectivity index (χ0) is 13.5. The summed E-state index contributed by atoms with van der Waals surface area (Å²) in [6, 6.07) is 8.73. The molecule has 2 rings (SSSR count). The van der Waals surface area contributed by atoms with E-state index < -0.39 is 0 Å². The minimum absolute atomic E-state index is 0.871. The summed E-state index contributed by atoms with van der Waals surface area (Å²) < 4.78 is 0. The topological polar surface area (TPSA) is 25.8 Å². The Hall–Kier alpha value is -1.22. The van der Waals surface area contributed by atoms with E-state index in [-0.39, 0.29) is 0 Å². The van der Waals surface area contributed by atoms with Crippen LogP contribution in [0.1, 0.15) is 31.2 Å². The Kier molecular flexibility index (Phi) is 5.52. The number of nitrogens with zero attached hydrogens (tertiary/aromatic N) is 2. The van der Waals surface area contributed by atoms with Gasteiger partial charge in [-0.2, -0.15) is 0 Å². The molecule has 2 aromatic rings. The molecule has 0 atom stereocenters. The van der Waals surface area contributed by atoms with Crippen molar-refractivity contribution in [3.8, 4) is 11.1 Å². The summed E-state index contributed by atoms with van der Waals surface area (Å²) in [5.41, 5.74) is 3.67. The molecule has 0 amide bonds. The predicted octanol–water partition coefficient (Wildman–Crippen LogP) is 4.42. The monoisotopic (exact) mass is 318 g/mol. The van der Waals surface area contributed by atoms with Gasteiger partial charge in [-0.05, 0) is 24.0 Å². The Labute approximate surface area is 123 Å². The summed E-state index contributed by atoms with van der Waals surface area (Å²) in [4.78, 5) is 8.75. The molecule has 3 heteroatoms. The number of aryl methyl sites for hydroxylation is 2. The smallest absolute Gasteiger partial charge is 0.129 e. The van der Waals surface area contributed by atoms with E-state index in [1.165, 1.54) is 24.0 Å². The molecule has 2 nitrogen and oxygen atoms in total. The quantitative estimate of drug-likeness (QED) is 0.737. The van der Waals surface area contributed by atoms with Crippen molar-refractivity contribution in [2.75, 3.05) is 5.33 Å². The van der Waals surface area contributed by atoms with Gasteiger partial charge in [-0.3, -0.25) is 0 Å². The first-order valence-corrected chi connectivity index (χ1v) is 7.92. The van der Waals surface area contributed by atoms with Crippen molar-refractivity contribution in [2.45, 2.75) is 32.6 Å². The summed E-state index contributed by atoms with van der Waals surface area (Å²) in [7, 11) is 0. The van der Waals surface area contributed by atoms with Crippen molar-refractivity contribution in [3.63, 3.8) is 0 Å². The number of aromatic nitrogens is 2. The van der Waals surface area contributed by atoms with Crippen LogP contribution in [-0.4, -0.2) is 15.3 Å². The normalized spacial score (nSPS) is 10.6. The van der Waals surface area contributed by atoms with Gasteiger partial charge in [0.25, 0.3) is 0 Å². The second-order valence-corrected chi connectivity index (χ2v) is 5.42. The molecular weight excluding hydrogens is 300 g/mol. The number of halogens is 1. The maximum Gasteiger partial charge on any atom is 0.129 e. The second-order valence-electron chi connectivity index (χ2n) is 4.63. The highest BCUT2D eigenvalue weighted by Gasteiger charge is 2.01. The highest BCUT2D eigenvalue weighted by Crippen LogP contribution is 2.19. The van der Waals surface area contributed by atoms with Crippen LogP contribution < -0.4 is 0 Å². The Morgan fingerprint density at radius 2 is 1.63 bits per heavy atom. The van der Waals surface area contributed by atoms with Crippen LogP contribution in [0.4, 0.5) is 0 Å². The first-order chi connectivity index (χ1) is 9.33. The zero-order valence-electron chi connectivity index (χ0n) is 11.3. The van der Waals surface area contributed by atoms with Gasteiger partial charge in [0.05, 0.1) is 0 Å². The van der Waals surface area contributed by atoms with E-state index in [0.717, 1.165) is 29.6 Å². The van der Waals surface area contributed by atoms with Gasteiger partial charge in [-0.1, -0.05) is 53.5 Å². The molecule has 0 saturated heterocycles. The summed E-state index contributed by atoms with van der Waals surface area (Å²) in [6.45, 7) is 2.22. The third-order valence-corrected chi connectivity index (χ3v) is 3.53. The molecule has 0 fully saturated rings. The molecule has 0 spiro atoms. The number of hydrogen-bond acceptors (Lipinski definition) is 2. The lowest BCUT2D eigenvalue weighted by Crippen LogP contribution is -1.95. The summed E-state index contributed by atoms with van der Waals surface area (Å²) in [6.07, 6.45) is 8.35. The molecule has 19 heavy (non-hydrogen) atoms. The van der Waals surface area contributed by atoms with Crippen LogP contribution in [0.25, 0.3) is 11.1 Å². The Morgan fingerprint density at radius 3 is 2.21 bits per heavy atom. The fourth-order valence-electron chi connectivity index (χ4n) is 1.96. The molecule has 1 aromatic carbocycles. The average Bonchev–Trinajstić information content (AvgIpc) is 2.47. The molecule has 100 valence electrons. The SMILES string of the molecule is CCCCc1ccc(-c2cnc(CCBr)nc2)cc1. The van der Waals surface area contributed by atoms with E-state index in [4.69, 9.17) is 0 Å². The van der Waals surface area contributed by atoms with Gasteiger partial charge in [-0.25, -0.2) is 9.97 Å².